The smallest absolute Gasteiger partial charge is 0.244 e. The van der Waals surface area contributed by atoms with Crippen LogP contribution in [0.15, 0.2) is 11.1 Å². The summed E-state index contributed by atoms with van der Waals surface area (Å²) in [5.74, 6) is 5.09. The Bertz CT molecular complexity index is 323. The molecule has 0 bridgehead atoms. The van der Waals surface area contributed by atoms with Gasteiger partial charge < -0.3 is 5.73 Å². The molecule has 1 aromatic heterocycles. The number of aryl methyl sites for hydroxylation is 1. The zero-order valence-corrected chi connectivity index (χ0v) is 8.47. The van der Waals surface area contributed by atoms with E-state index >= 15 is 0 Å². The second-order valence-electron chi connectivity index (χ2n) is 2.56. The lowest BCUT2D eigenvalue weighted by atomic mass is 10.5. The summed E-state index contributed by atoms with van der Waals surface area (Å²) in [6, 6.07) is 1.75. The molecule has 1 aromatic rings. The number of carbonyl (C=O) groups excluding carboxylic acids is 1. The average molecular weight is 213 g/mol. The van der Waals surface area contributed by atoms with E-state index in [1.165, 1.54) is 11.8 Å². The second-order valence-corrected chi connectivity index (χ2v) is 3.56. The Labute approximate surface area is 85.4 Å². The Morgan fingerprint density at radius 2 is 2.36 bits per heavy atom. The number of anilines is 1. The molecule has 0 aromatic carbocycles. The molecule has 7 heteroatoms. The molecule has 6 nitrogen and oxygen atoms in total. The molecule has 0 aliphatic rings. The number of thioether (sulfide) groups is 1. The maximum Gasteiger partial charge on any atom is 0.244 e. The molecule has 1 heterocycles. The molecular formula is C7H11N5OS. The van der Waals surface area contributed by atoms with Gasteiger partial charge in [0.25, 0.3) is 0 Å². The van der Waals surface area contributed by atoms with Crippen LogP contribution in [0.4, 0.5) is 5.95 Å². The van der Waals surface area contributed by atoms with Crippen LogP contribution >= 0.6 is 11.8 Å². The van der Waals surface area contributed by atoms with E-state index in [-0.39, 0.29) is 17.6 Å². The van der Waals surface area contributed by atoms with Gasteiger partial charge in [-0.25, -0.2) is 15.8 Å². The molecule has 0 saturated carbocycles. The highest BCUT2D eigenvalue weighted by molar-refractivity contribution is 7.99. The molecule has 1 amide bonds. The Morgan fingerprint density at radius 1 is 1.64 bits per heavy atom. The van der Waals surface area contributed by atoms with E-state index in [2.05, 4.69) is 9.97 Å². The summed E-state index contributed by atoms with van der Waals surface area (Å²) in [5, 5.41) is 0.665. The van der Waals surface area contributed by atoms with E-state index in [0.717, 1.165) is 5.69 Å². The van der Waals surface area contributed by atoms with Crippen molar-refractivity contribution in [2.75, 3.05) is 11.5 Å². The zero-order valence-electron chi connectivity index (χ0n) is 7.65. The van der Waals surface area contributed by atoms with Crippen LogP contribution in [0.2, 0.25) is 0 Å². The minimum Gasteiger partial charge on any atom is -0.368 e. The number of hydrazine groups is 1. The molecule has 14 heavy (non-hydrogen) atoms. The standard InChI is InChI=1S/C7H11N5OS/c1-4-2-6(11-7(8)10-4)14-3-5(13)12-9/h2H,3,9H2,1H3,(H,12,13)(H2,8,10,11). The third-order valence-corrected chi connectivity index (χ3v) is 2.27. The van der Waals surface area contributed by atoms with E-state index < -0.39 is 0 Å². The van der Waals surface area contributed by atoms with Crippen molar-refractivity contribution < 1.29 is 4.79 Å². The van der Waals surface area contributed by atoms with Crippen LogP contribution in [-0.4, -0.2) is 21.6 Å². The largest absolute Gasteiger partial charge is 0.368 e. The molecule has 0 saturated heterocycles. The molecule has 0 fully saturated rings. The summed E-state index contributed by atoms with van der Waals surface area (Å²) >= 11 is 1.26. The number of aromatic nitrogens is 2. The van der Waals surface area contributed by atoms with Gasteiger partial charge in [0.05, 0.1) is 5.75 Å². The minimum absolute atomic E-state index is 0.209. The summed E-state index contributed by atoms with van der Waals surface area (Å²) in [6.07, 6.45) is 0. The van der Waals surface area contributed by atoms with Crippen molar-refractivity contribution >= 4 is 23.6 Å². The van der Waals surface area contributed by atoms with E-state index in [1.807, 2.05) is 12.3 Å². The quantitative estimate of drug-likeness (QED) is 0.204. The number of nitrogen functional groups attached to an aromatic ring is 1. The van der Waals surface area contributed by atoms with Gasteiger partial charge in [-0.2, -0.15) is 0 Å². The van der Waals surface area contributed by atoms with Crippen LogP contribution in [-0.2, 0) is 4.79 Å². The monoisotopic (exact) mass is 213 g/mol. The molecule has 0 atom stereocenters. The van der Waals surface area contributed by atoms with E-state index in [9.17, 15) is 4.79 Å². The van der Waals surface area contributed by atoms with E-state index in [1.54, 1.807) is 6.07 Å². The van der Waals surface area contributed by atoms with Gasteiger partial charge in [-0.3, -0.25) is 10.2 Å². The number of nitrogens with one attached hydrogen (secondary N) is 1. The fourth-order valence-corrected chi connectivity index (χ4v) is 1.59. The fourth-order valence-electron chi connectivity index (χ4n) is 0.817. The Hall–Kier alpha value is -1.34. The van der Waals surface area contributed by atoms with Gasteiger partial charge >= 0.3 is 0 Å². The lowest BCUT2D eigenvalue weighted by molar-refractivity contribution is -0.118. The van der Waals surface area contributed by atoms with Crippen LogP contribution < -0.4 is 17.0 Å². The summed E-state index contributed by atoms with van der Waals surface area (Å²) in [4.78, 5) is 18.7. The first-order chi connectivity index (χ1) is 6.61. The van der Waals surface area contributed by atoms with Gasteiger partial charge in [0.1, 0.15) is 5.03 Å². The molecule has 0 aliphatic heterocycles. The summed E-state index contributed by atoms with van der Waals surface area (Å²) in [6.45, 7) is 1.81. The third kappa shape index (κ3) is 3.19. The number of carbonyl (C=O) groups is 1. The fraction of sp³-hybridized carbons (Fsp3) is 0.286. The predicted octanol–water partition coefficient (Wildman–Crippen LogP) is -0.551. The van der Waals surface area contributed by atoms with Gasteiger partial charge in [0.15, 0.2) is 0 Å². The Morgan fingerprint density at radius 3 is 2.93 bits per heavy atom. The maximum atomic E-state index is 10.8. The highest BCUT2D eigenvalue weighted by Crippen LogP contribution is 2.16. The molecule has 5 N–H and O–H groups in total. The van der Waals surface area contributed by atoms with Crippen molar-refractivity contribution in [3.05, 3.63) is 11.8 Å². The molecule has 1 rings (SSSR count). The average Bonchev–Trinajstić information content (AvgIpc) is 2.12. The van der Waals surface area contributed by atoms with Crippen molar-refractivity contribution in [1.29, 1.82) is 0 Å². The first-order valence-electron chi connectivity index (χ1n) is 3.85. The molecular weight excluding hydrogens is 202 g/mol. The van der Waals surface area contributed by atoms with Crippen molar-refractivity contribution in [3.63, 3.8) is 0 Å². The maximum absolute atomic E-state index is 10.8. The highest BCUT2D eigenvalue weighted by atomic mass is 32.2. The second kappa shape index (κ2) is 4.77. The first-order valence-corrected chi connectivity index (χ1v) is 4.84. The Kier molecular flexibility index (Phi) is 3.66. The van der Waals surface area contributed by atoms with Crippen LogP contribution in [0.1, 0.15) is 5.69 Å². The molecule has 0 radical (unpaired) electrons. The van der Waals surface area contributed by atoms with E-state index in [4.69, 9.17) is 11.6 Å². The molecule has 0 spiro atoms. The normalized spacial score (nSPS) is 9.86. The number of nitrogens with zero attached hydrogens (tertiary/aromatic N) is 2. The van der Waals surface area contributed by atoms with Crippen LogP contribution in [0.3, 0.4) is 0 Å². The minimum atomic E-state index is -0.259. The summed E-state index contributed by atoms with van der Waals surface area (Å²) in [5.41, 5.74) is 8.24. The number of amides is 1. The van der Waals surface area contributed by atoms with Crippen molar-refractivity contribution in [3.8, 4) is 0 Å². The summed E-state index contributed by atoms with van der Waals surface area (Å²) < 4.78 is 0. The van der Waals surface area contributed by atoms with Gasteiger partial charge in [-0.1, -0.05) is 11.8 Å². The van der Waals surface area contributed by atoms with Crippen molar-refractivity contribution in [2.45, 2.75) is 11.9 Å². The lowest BCUT2D eigenvalue weighted by Gasteiger charge is -2.01. The number of nitrogens with two attached hydrogens (primary N) is 2. The lowest BCUT2D eigenvalue weighted by Crippen LogP contribution is -2.31. The van der Waals surface area contributed by atoms with Gasteiger partial charge in [-0.15, -0.1) is 0 Å². The third-order valence-electron chi connectivity index (χ3n) is 1.36. The number of rotatable bonds is 3. The molecule has 0 aliphatic carbocycles. The van der Waals surface area contributed by atoms with Crippen LogP contribution in [0, 0.1) is 6.92 Å². The van der Waals surface area contributed by atoms with E-state index in [0.29, 0.717) is 5.03 Å². The SMILES string of the molecule is Cc1cc(SCC(=O)NN)nc(N)n1. The zero-order chi connectivity index (χ0) is 10.6. The Balaban J connectivity index is 2.63. The van der Waals surface area contributed by atoms with Gasteiger partial charge in [-0.05, 0) is 13.0 Å². The van der Waals surface area contributed by atoms with Gasteiger partial charge in [0.2, 0.25) is 11.9 Å². The number of hydrogen-bond acceptors (Lipinski definition) is 6. The van der Waals surface area contributed by atoms with Crippen LogP contribution in [0.5, 0.6) is 0 Å². The molecule has 76 valence electrons. The summed E-state index contributed by atoms with van der Waals surface area (Å²) in [7, 11) is 0. The van der Waals surface area contributed by atoms with Crippen molar-refractivity contribution in [1.82, 2.24) is 15.4 Å². The highest BCUT2D eigenvalue weighted by Gasteiger charge is 2.03. The topological polar surface area (TPSA) is 107 Å². The van der Waals surface area contributed by atoms with Gasteiger partial charge in [0, 0.05) is 5.69 Å². The molecule has 0 unspecified atom stereocenters. The number of hydrogen-bond donors (Lipinski definition) is 3. The van der Waals surface area contributed by atoms with Crippen molar-refractivity contribution in [2.24, 2.45) is 5.84 Å². The van der Waals surface area contributed by atoms with Crippen LogP contribution in [0.25, 0.3) is 0 Å². The predicted molar refractivity (Wildman–Crippen MR) is 54.2 cm³/mol. The first kappa shape index (κ1) is 10.7.